The standard InChI is InChI=1S/C6H6Cl6.BrH.Co.H2O/c7-1-2(8)4(10)6(12)5(11)3(1)9;;;/h1-6H;1H;;1H2/t1-,2-,3-,4+,5+,6+;;;. The summed E-state index contributed by atoms with van der Waals surface area (Å²) in [6, 6.07) is 0. The largest absolute Gasteiger partial charge is 0.412 e. The molecule has 97 valence electrons. The number of hydrogen-bond acceptors (Lipinski definition) is 0. The van der Waals surface area contributed by atoms with Gasteiger partial charge in [-0.1, -0.05) is 0 Å². The first-order chi connectivity index (χ1) is 5.46. The first kappa shape index (κ1) is 22.8. The summed E-state index contributed by atoms with van der Waals surface area (Å²) < 4.78 is 0. The van der Waals surface area contributed by atoms with Gasteiger partial charge in [0.25, 0.3) is 0 Å². The number of hydrogen-bond donors (Lipinski definition) is 0. The molecule has 1 saturated carbocycles. The van der Waals surface area contributed by atoms with Gasteiger partial charge in [-0.05, 0) is 0 Å². The molecular weight excluding hydrogens is 440 g/mol. The summed E-state index contributed by atoms with van der Waals surface area (Å²) in [5.41, 5.74) is 0. The fourth-order valence-electron chi connectivity index (χ4n) is 1.05. The molecule has 0 atom stereocenters. The van der Waals surface area contributed by atoms with E-state index in [1.165, 1.54) is 0 Å². The summed E-state index contributed by atoms with van der Waals surface area (Å²) in [6.07, 6.45) is 0. The van der Waals surface area contributed by atoms with E-state index in [0.29, 0.717) is 0 Å². The molecule has 0 unspecified atom stereocenters. The molecule has 0 bridgehead atoms. The van der Waals surface area contributed by atoms with Gasteiger partial charge in [-0.3, -0.25) is 0 Å². The molecule has 0 aromatic heterocycles. The third-order valence-corrected chi connectivity index (χ3v) is 5.86. The second-order valence-corrected chi connectivity index (χ2v) is 5.69. The number of rotatable bonds is 0. The molecule has 1 nitrogen and oxygen atoms in total. The SMILES string of the molecule is Br.Cl[C@H]1[C@H](Cl)[C@@H](Cl)[C@@H](Cl)[C@H](Cl)[C@H]1Cl.O.[Co]. The van der Waals surface area contributed by atoms with Crippen LogP contribution in [0.1, 0.15) is 0 Å². The monoisotopic (exact) mass is 445 g/mol. The molecule has 0 saturated heterocycles. The molecule has 0 aliphatic heterocycles. The molecular formula is C6H9BrCl6CoO. The Morgan fingerprint density at radius 1 is 0.467 bits per heavy atom. The molecule has 1 aliphatic rings. The van der Waals surface area contributed by atoms with E-state index in [1.54, 1.807) is 0 Å². The van der Waals surface area contributed by atoms with E-state index < -0.39 is 32.3 Å². The van der Waals surface area contributed by atoms with Crippen molar-refractivity contribution in [2.24, 2.45) is 0 Å². The molecule has 0 heterocycles. The Kier molecular flexibility index (Phi) is 14.6. The molecule has 1 aliphatic carbocycles. The zero-order valence-electron chi connectivity index (χ0n) is 6.97. The Balaban J connectivity index is -0.000000480. The van der Waals surface area contributed by atoms with Gasteiger partial charge in [0.2, 0.25) is 0 Å². The second-order valence-electron chi connectivity index (χ2n) is 2.67. The van der Waals surface area contributed by atoms with Crippen molar-refractivity contribution in [3.05, 3.63) is 0 Å². The molecule has 0 spiro atoms. The zero-order chi connectivity index (χ0) is 9.46. The average Bonchev–Trinajstić information content (AvgIpc) is 2.08. The summed E-state index contributed by atoms with van der Waals surface area (Å²) in [5.74, 6) is 0. The topological polar surface area (TPSA) is 31.5 Å². The van der Waals surface area contributed by atoms with Gasteiger partial charge in [-0.25, -0.2) is 0 Å². The number of alkyl halides is 6. The van der Waals surface area contributed by atoms with E-state index >= 15 is 0 Å². The third-order valence-electron chi connectivity index (χ3n) is 1.83. The van der Waals surface area contributed by atoms with Crippen molar-refractivity contribution in [1.82, 2.24) is 0 Å². The van der Waals surface area contributed by atoms with Crippen molar-refractivity contribution in [3.8, 4) is 0 Å². The summed E-state index contributed by atoms with van der Waals surface area (Å²) in [6.45, 7) is 0. The van der Waals surface area contributed by atoms with Crippen molar-refractivity contribution in [1.29, 1.82) is 0 Å². The molecule has 1 radical (unpaired) electrons. The molecule has 0 aromatic rings. The minimum absolute atomic E-state index is 0. The van der Waals surface area contributed by atoms with Gasteiger partial charge in [0.15, 0.2) is 0 Å². The summed E-state index contributed by atoms with van der Waals surface area (Å²) in [5, 5.41) is -2.62. The second kappa shape index (κ2) is 9.59. The fourth-order valence-corrected chi connectivity index (χ4v) is 3.38. The van der Waals surface area contributed by atoms with Crippen molar-refractivity contribution >= 4 is 86.6 Å². The van der Waals surface area contributed by atoms with Crippen molar-refractivity contribution in [2.75, 3.05) is 0 Å². The molecule has 0 amide bonds. The van der Waals surface area contributed by atoms with E-state index in [-0.39, 0.29) is 39.2 Å². The fraction of sp³-hybridized carbons (Fsp3) is 1.00. The summed E-state index contributed by atoms with van der Waals surface area (Å²) in [4.78, 5) is 0. The van der Waals surface area contributed by atoms with E-state index in [2.05, 4.69) is 0 Å². The first-order valence-corrected chi connectivity index (χ1v) is 5.93. The Morgan fingerprint density at radius 3 is 0.600 bits per heavy atom. The van der Waals surface area contributed by atoms with Gasteiger partial charge in [0.05, 0.1) is 32.3 Å². The van der Waals surface area contributed by atoms with E-state index in [4.69, 9.17) is 69.6 Å². The van der Waals surface area contributed by atoms with E-state index in [1.807, 2.05) is 0 Å². The smallest absolute Gasteiger partial charge is 0.0693 e. The maximum atomic E-state index is 5.88. The van der Waals surface area contributed by atoms with Gasteiger partial charge in [-0.15, -0.1) is 86.6 Å². The van der Waals surface area contributed by atoms with Crippen molar-refractivity contribution in [3.63, 3.8) is 0 Å². The Labute approximate surface area is 140 Å². The molecule has 0 aromatic carbocycles. The van der Waals surface area contributed by atoms with Crippen LogP contribution < -0.4 is 0 Å². The van der Waals surface area contributed by atoms with Crippen LogP contribution in [0.5, 0.6) is 0 Å². The van der Waals surface area contributed by atoms with Crippen LogP contribution in [-0.2, 0) is 16.8 Å². The minimum atomic E-state index is -0.437. The Bertz CT molecular complexity index is 119. The van der Waals surface area contributed by atoms with Crippen LogP contribution in [0.4, 0.5) is 0 Å². The quantitative estimate of drug-likeness (QED) is 0.509. The van der Waals surface area contributed by atoms with Crippen LogP contribution in [0.3, 0.4) is 0 Å². The zero-order valence-corrected chi connectivity index (χ0v) is 14.3. The summed E-state index contributed by atoms with van der Waals surface area (Å²) in [7, 11) is 0. The van der Waals surface area contributed by atoms with Crippen LogP contribution in [0.2, 0.25) is 0 Å². The normalized spacial score (nSPS) is 44.4. The predicted octanol–water partition coefficient (Wildman–Crippen LogP) is 3.40. The third kappa shape index (κ3) is 5.05. The Hall–Kier alpha value is 2.69. The van der Waals surface area contributed by atoms with Gasteiger partial charge in [0, 0.05) is 16.8 Å². The molecule has 9 heteroatoms. The van der Waals surface area contributed by atoms with Crippen molar-refractivity contribution in [2.45, 2.75) is 32.3 Å². The first-order valence-electron chi connectivity index (χ1n) is 3.31. The summed E-state index contributed by atoms with van der Waals surface area (Å²) >= 11 is 35.3. The van der Waals surface area contributed by atoms with Gasteiger partial charge < -0.3 is 5.48 Å². The molecule has 15 heavy (non-hydrogen) atoms. The minimum Gasteiger partial charge on any atom is -0.412 e. The maximum absolute atomic E-state index is 5.88. The van der Waals surface area contributed by atoms with Crippen molar-refractivity contribution < 1.29 is 22.3 Å². The predicted molar refractivity (Wildman–Crippen MR) is 71.8 cm³/mol. The average molecular weight is 449 g/mol. The molecule has 1 fully saturated rings. The van der Waals surface area contributed by atoms with Crippen LogP contribution >= 0.6 is 86.6 Å². The van der Waals surface area contributed by atoms with E-state index in [9.17, 15) is 0 Å². The number of halogens is 7. The van der Waals surface area contributed by atoms with Crippen LogP contribution in [0.15, 0.2) is 0 Å². The van der Waals surface area contributed by atoms with Crippen LogP contribution in [-0.4, -0.2) is 37.7 Å². The van der Waals surface area contributed by atoms with Gasteiger partial charge >= 0.3 is 0 Å². The van der Waals surface area contributed by atoms with E-state index in [0.717, 1.165) is 0 Å². The van der Waals surface area contributed by atoms with Crippen LogP contribution in [0, 0.1) is 0 Å². The molecule has 2 N–H and O–H groups in total. The van der Waals surface area contributed by atoms with Gasteiger partial charge in [-0.2, -0.15) is 0 Å². The Morgan fingerprint density at radius 2 is 0.533 bits per heavy atom. The van der Waals surface area contributed by atoms with Gasteiger partial charge in [0.1, 0.15) is 0 Å². The van der Waals surface area contributed by atoms with Crippen LogP contribution in [0.25, 0.3) is 0 Å². The maximum Gasteiger partial charge on any atom is 0.0693 e. The molecule has 1 rings (SSSR count).